The summed E-state index contributed by atoms with van der Waals surface area (Å²) in [4.78, 5) is 36.7. The number of hydrogen-bond donors (Lipinski definition) is 3. The third-order valence-electron chi connectivity index (χ3n) is 3.56. The summed E-state index contributed by atoms with van der Waals surface area (Å²) >= 11 is 0. The summed E-state index contributed by atoms with van der Waals surface area (Å²) < 4.78 is 0. The lowest BCUT2D eigenvalue weighted by atomic mass is 10.2. The molecule has 7 heteroatoms. The fourth-order valence-corrected chi connectivity index (χ4v) is 2.25. The van der Waals surface area contributed by atoms with Crippen molar-refractivity contribution in [2.75, 3.05) is 37.6 Å². The van der Waals surface area contributed by atoms with Gasteiger partial charge in [0.2, 0.25) is 5.91 Å². The summed E-state index contributed by atoms with van der Waals surface area (Å²) in [5.41, 5.74) is 2.31. The molecule has 0 radical (unpaired) electrons. The molecular weight excluding hydrogens is 320 g/mol. The van der Waals surface area contributed by atoms with Crippen LogP contribution in [0.4, 0.5) is 5.69 Å². The van der Waals surface area contributed by atoms with Gasteiger partial charge in [-0.2, -0.15) is 0 Å². The summed E-state index contributed by atoms with van der Waals surface area (Å²) in [6.07, 6.45) is 1.46. The van der Waals surface area contributed by atoms with Crippen molar-refractivity contribution in [3.63, 3.8) is 0 Å². The Hall–Kier alpha value is -2.83. The maximum Gasteiger partial charge on any atom is 0.309 e. The van der Waals surface area contributed by atoms with E-state index in [0.717, 1.165) is 12.2 Å². The van der Waals surface area contributed by atoms with Crippen LogP contribution in [0.25, 0.3) is 0 Å². The third-order valence-corrected chi connectivity index (χ3v) is 3.56. The number of benzene rings is 1. The number of carbonyl (C=O) groups is 3. The molecule has 25 heavy (non-hydrogen) atoms. The molecule has 1 aromatic carbocycles. The summed E-state index contributed by atoms with van der Waals surface area (Å²) in [5.74, 6) is -1.97. The van der Waals surface area contributed by atoms with Crippen molar-refractivity contribution in [2.24, 2.45) is 0 Å². The van der Waals surface area contributed by atoms with Gasteiger partial charge in [0.05, 0.1) is 6.54 Å². The van der Waals surface area contributed by atoms with E-state index in [1.807, 2.05) is 31.2 Å². The number of nitrogens with one attached hydrogen (secondary N) is 3. The number of hydrogen-bond acceptors (Lipinski definition) is 4. The molecule has 0 aliphatic heterocycles. The van der Waals surface area contributed by atoms with Crippen LogP contribution in [-0.4, -0.2) is 50.4 Å². The lowest BCUT2D eigenvalue weighted by Gasteiger charge is -2.25. The zero-order chi connectivity index (χ0) is 18.7. The van der Waals surface area contributed by atoms with E-state index in [0.29, 0.717) is 13.1 Å². The van der Waals surface area contributed by atoms with Gasteiger partial charge in [-0.15, -0.1) is 6.58 Å². The minimum absolute atomic E-state index is 0.199. The van der Waals surface area contributed by atoms with E-state index < -0.39 is 11.8 Å². The summed E-state index contributed by atoms with van der Waals surface area (Å²) in [7, 11) is 0. The molecule has 0 saturated heterocycles. The lowest BCUT2D eigenvalue weighted by Crippen LogP contribution is -2.45. The smallest absolute Gasteiger partial charge is 0.309 e. The van der Waals surface area contributed by atoms with Gasteiger partial charge in [-0.25, -0.2) is 0 Å². The minimum Gasteiger partial charge on any atom is -0.370 e. The van der Waals surface area contributed by atoms with Crippen LogP contribution in [-0.2, 0) is 14.4 Å². The van der Waals surface area contributed by atoms with Gasteiger partial charge in [0, 0.05) is 31.9 Å². The second-order valence-electron chi connectivity index (χ2n) is 5.40. The minimum atomic E-state index is -0.841. The fraction of sp³-hybridized carbons (Fsp3) is 0.389. The molecule has 0 heterocycles. The molecule has 0 unspecified atom stereocenters. The quantitative estimate of drug-likeness (QED) is 0.445. The van der Waals surface area contributed by atoms with Crippen LogP contribution < -0.4 is 20.9 Å². The van der Waals surface area contributed by atoms with E-state index in [-0.39, 0.29) is 19.0 Å². The van der Waals surface area contributed by atoms with Crippen molar-refractivity contribution in [1.82, 2.24) is 16.0 Å². The van der Waals surface area contributed by atoms with Gasteiger partial charge in [0.1, 0.15) is 0 Å². The van der Waals surface area contributed by atoms with E-state index in [1.54, 1.807) is 0 Å². The molecule has 1 rings (SSSR count). The fourth-order valence-electron chi connectivity index (χ4n) is 2.25. The number of anilines is 1. The molecular formula is C18H26N4O3. The zero-order valence-electron chi connectivity index (χ0n) is 14.8. The second kappa shape index (κ2) is 10.9. The Bertz CT molecular complexity index is 616. The van der Waals surface area contributed by atoms with Crippen molar-refractivity contribution in [2.45, 2.75) is 13.8 Å². The van der Waals surface area contributed by atoms with Crippen LogP contribution in [0.3, 0.4) is 0 Å². The molecule has 0 spiro atoms. The molecule has 136 valence electrons. The van der Waals surface area contributed by atoms with Crippen molar-refractivity contribution in [3.05, 3.63) is 42.5 Å². The van der Waals surface area contributed by atoms with Crippen molar-refractivity contribution >= 4 is 23.4 Å². The Morgan fingerprint density at radius 3 is 2.44 bits per heavy atom. The maximum absolute atomic E-state index is 11.8. The highest BCUT2D eigenvalue weighted by molar-refractivity contribution is 6.35. The predicted molar refractivity (Wildman–Crippen MR) is 98.3 cm³/mol. The number of likely N-dealkylation sites (N-methyl/N-ethyl adjacent to an activating group) is 1. The highest BCUT2D eigenvalue weighted by Gasteiger charge is 2.13. The number of carbonyl (C=O) groups excluding carboxylic acids is 3. The molecule has 0 saturated carbocycles. The van der Waals surface area contributed by atoms with Crippen molar-refractivity contribution in [3.8, 4) is 0 Å². The van der Waals surface area contributed by atoms with Gasteiger partial charge < -0.3 is 20.9 Å². The first kappa shape index (κ1) is 20.2. The van der Waals surface area contributed by atoms with Crippen molar-refractivity contribution < 1.29 is 14.4 Å². The summed E-state index contributed by atoms with van der Waals surface area (Å²) in [5, 5.41) is 7.34. The molecule has 0 fully saturated rings. The third kappa shape index (κ3) is 7.07. The Kier molecular flexibility index (Phi) is 8.78. The van der Waals surface area contributed by atoms with Gasteiger partial charge in [0.15, 0.2) is 0 Å². The highest BCUT2D eigenvalue weighted by atomic mass is 16.2. The Morgan fingerprint density at radius 2 is 1.80 bits per heavy atom. The topological polar surface area (TPSA) is 90.5 Å². The molecule has 0 atom stereocenters. The van der Waals surface area contributed by atoms with Crippen LogP contribution in [0.5, 0.6) is 0 Å². The summed E-state index contributed by atoms with van der Waals surface area (Å²) in [6.45, 7) is 9.41. The molecule has 1 aromatic rings. The van der Waals surface area contributed by atoms with Crippen LogP contribution >= 0.6 is 0 Å². The van der Waals surface area contributed by atoms with Gasteiger partial charge >= 0.3 is 11.8 Å². The van der Waals surface area contributed by atoms with Crippen LogP contribution in [0.15, 0.2) is 36.9 Å². The van der Waals surface area contributed by atoms with E-state index in [2.05, 4.69) is 34.4 Å². The summed E-state index contributed by atoms with van der Waals surface area (Å²) in [6, 6.07) is 8.06. The first-order valence-electron chi connectivity index (χ1n) is 8.23. The van der Waals surface area contributed by atoms with E-state index in [4.69, 9.17) is 0 Å². The van der Waals surface area contributed by atoms with Crippen molar-refractivity contribution in [1.29, 1.82) is 0 Å². The van der Waals surface area contributed by atoms with Crippen LogP contribution in [0, 0.1) is 6.92 Å². The molecule has 7 nitrogen and oxygen atoms in total. The molecule has 3 amide bonds. The zero-order valence-corrected chi connectivity index (χ0v) is 14.8. The molecule has 0 bridgehead atoms. The van der Waals surface area contributed by atoms with Gasteiger partial charge in [-0.3, -0.25) is 14.4 Å². The monoisotopic (exact) mass is 346 g/mol. The second-order valence-corrected chi connectivity index (χ2v) is 5.40. The van der Waals surface area contributed by atoms with Crippen LogP contribution in [0.2, 0.25) is 0 Å². The molecule has 0 aliphatic carbocycles. The first-order chi connectivity index (χ1) is 12.0. The van der Waals surface area contributed by atoms with Gasteiger partial charge in [-0.05, 0) is 25.5 Å². The first-order valence-corrected chi connectivity index (χ1v) is 8.23. The number of aryl methyl sites for hydroxylation is 1. The average Bonchev–Trinajstić information content (AvgIpc) is 2.62. The van der Waals surface area contributed by atoms with E-state index >= 15 is 0 Å². The Labute approximate surface area is 148 Å². The molecule has 0 aliphatic rings. The number of amides is 3. The number of para-hydroxylation sites is 1. The Balaban J connectivity index is 2.34. The van der Waals surface area contributed by atoms with E-state index in [1.165, 1.54) is 11.6 Å². The Morgan fingerprint density at radius 1 is 1.12 bits per heavy atom. The van der Waals surface area contributed by atoms with Gasteiger partial charge in [-0.1, -0.05) is 24.3 Å². The lowest BCUT2D eigenvalue weighted by molar-refractivity contribution is -0.139. The normalized spacial score (nSPS) is 9.84. The molecule has 3 N–H and O–H groups in total. The van der Waals surface area contributed by atoms with Gasteiger partial charge in [0.25, 0.3) is 0 Å². The molecule has 0 aromatic heterocycles. The SMILES string of the molecule is C=CCNC(=O)C(=O)NCC(=O)NCCN(CC)c1ccccc1C. The largest absolute Gasteiger partial charge is 0.370 e. The van der Waals surface area contributed by atoms with Crippen LogP contribution in [0.1, 0.15) is 12.5 Å². The van der Waals surface area contributed by atoms with E-state index in [9.17, 15) is 14.4 Å². The standard InChI is InChI=1S/C18H26N4O3/c1-4-10-20-17(24)18(25)21-13-16(23)19-11-12-22(5-2)15-9-7-6-8-14(15)3/h4,6-9H,1,5,10-13H2,2-3H3,(H,19,23)(H,20,24)(H,21,25). The average molecular weight is 346 g/mol. The maximum atomic E-state index is 11.8. The predicted octanol–water partition coefficient (Wildman–Crippen LogP) is 0.356. The number of nitrogens with zero attached hydrogens (tertiary/aromatic N) is 1. The highest BCUT2D eigenvalue weighted by Crippen LogP contribution is 2.18. The number of rotatable bonds is 9.